The second kappa shape index (κ2) is 17.6. The average molecular weight is 637 g/mol. The maximum atomic E-state index is 11.3. The maximum Gasteiger partial charge on any atom is 0.294 e. The molecule has 3 aromatic rings. The van der Waals surface area contributed by atoms with Gasteiger partial charge in [0.2, 0.25) is 0 Å². The van der Waals surface area contributed by atoms with Crippen LogP contribution in [0.15, 0.2) is 77.7 Å². The van der Waals surface area contributed by atoms with Crippen LogP contribution in [-0.2, 0) is 16.5 Å². The maximum absolute atomic E-state index is 11.3. The molecule has 0 aromatic heterocycles. The van der Waals surface area contributed by atoms with Gasteiger partial charge < -0.3 is 4.74 Å². The normalized spacial score (nSPS) is 11.0. The summed E-state index contributed by atoms with van der Waals surface area (Å²) in [6, 6.07) is 23.1. The van der Waals surface area contributed by atoms with Crippen molar-refractivity contribution in [2.75, 3.05) is 7.11 Å². The lowest BCUT2D eigenvalue weighted by Gasteiger charge is -2.09. The predicted octanol–water partition coefficient (Wildman–Crippen LogP) is 9.36. The molecule has 0 saturated carbocycles. The molecule has 0 spiro atoms. The van der Waals surface area contributed by atoms with Gasteiger partial charge in [0.05, 0.1) is 12.0 Å². The van der Waals surface area contributed by atoms with Crippen molar-refractivity contribution in [1.29, 1.82) is 0 Å². The number of halogens is 1. The van der Waals surface area contributed by atoms with E-state index in [4.69, 9.17) is 4.74 Å². The number of para-hydroxylation sites is 1. The molecule has 37 heavy (non-hydrogen) atoms. The van der Waals surface area contributed by atoms with Gasteiger partial charge in [-0.3, -0.25) is 4.55 Å². The molecule has 0 aliphatic rings. The summed E-state index contributed by atoms with van der Waals surface area (Å²) in [5.74, 6) is 0.918. The zero-order valence-corrected chi connectivity index (χ0v) is 25.1. The van der Waals surface area contributed by atoms with Gasteiger partial charge in [-0.15, -0.1) is 0 Å². The third kappa shape index (κ3) is 11.6. The number of hydrogen-bond acceptors (Lipinski definition) is 3. The van der Waals surface area contributed by atoms with Crippen LogP contribution < -0.4 is 4.74 Å². The summed E-state index contributed by atoms with van der Waals surface area (Å²) in [5.41, 5.74) is 3.09. The first-order valence-corrected chi connectivity index (χ1v) is 15.8. The molecule has 0 fully saturated rings. The smallest absolute Gasteiger partial charge is 0.294 e. The molecular weight excluding hydrogens is 595 g/mol. The van der Waals surface area contributed by atoms with Crippen LogP contribution >= 0.6 is 22.6 Å². The van der Waals surface area contributed by atoms with E-state index in [0.29, 0.717) is 6.42 Å². The highest BCUT2D eigenvalue weighted by atomic mass is 127. The van der Waals surface area contributed by atoms with E-state index >= 15 is 0 Å². The Morgan fingerprint density at radius 3 is 1.81 bits per heavy atom. The topological polar surface area (TPSA) is 63.6 Å². The fourth-order valence-electron chi connectivity index (χ4n) is 4.31. The van der Waals surface area contributed by atoms with Crippen molar-refractivity contribution in [3.63, 3.8) is 0 Å². The van der Waals surface area contributed by atoms with E-state index in [2.05, 4.69) is 47.7 Å². The van der Waals surface area contributed by atoms with E-state index in [1.54, 1.807) is 19.2 Å². The third-order valence-corrected chi connectivity index (χ3v) is 8.22. The molecule has 0 atom stereocenters. The van der Waals surface area contributed by atoms with Crippen molar-refractivity contribution in [3.8, 4) is 16.9 Å². The summed E-state index contributed by atoms with van der Waals surface area (Å²) in [4.78, 5) is 0.0610. The van der Waals surface area contributed by atoms with Crippen molar-refractivity contribution in [2.24, 2.45) is 0 Å². The van der Waals surface area contributed by atoms with Gasteiger partial charge in [-0.2, -0.15) is 8.42 Å². The number of ether oxygens (including phenoxy) is 1. The Balaban J connectivity index is 0.000000278. The molecular formula is C31H41IO4S. The molecule has 6 heteroatoms. The SMILES string of the molecule is CCCCCCCCCCCCc1ccccc1S(=O)(=O)O.COc1ccccc1-c1ccccc1I. The lowest BCUT2D eigenvalue weighted by atomic mass is 10.0. The Hall–Kier alpha value is -1.90. The fraction of sp³-hybridized carbons (Fsp3) is 0.419. The molecule has 202 valence electrons. The van der Waals surface area contributed by atoms with Gasteiger partial charge in [0.1, 0.15) is 5.75 Å². The van der Waals surface area contributed by atoms with Crippen molar-refractivity contribution in [1.82, 2.24) is 0 Å². The predicted molar refractivity (Wildman–Crippen MR) is 163 cm³/mol. The summed E-state index contributed by atoms with van der Waals surface area (Å²) in [5, 5.41) is 0. The van der Waals surface area contributed by atoms with E-state index in [1.165, 1.54) is 66.6 Å². The molecule has 3 aromatic carbocycles. The Kier molecular flexibility index (Phi) is 14.9. The van der Waals surface area contributed by atoms with Gasteiger partial charge in [0, 0.05) is 9.13 Å². The molecule has 1 N–H and O–H groups in total. The van der Waals surface area contributed by atoms with Gasteiger partial charge in [0.25, 0.3) is 10.1 Å². The first-order valence-electron chi connectivity index (χ1n) is 13.3. The standard InChI is InChI=1S/C18H30O3S.C13H11IO/c1-2-3-4-5-6-7-8-9-10-11-14-17-15-12-13-16-18(17)22(19,20)21;1-15-13-9-5-3-7-11(13)10-6-2-4-8-12(10)14/h12-13,15-16H,2-11,14H2,1H3,(H,19,20,21);2-9H,1H3. The lowest BCUT2D eigenvalue weighted by Crippen LogP contribution is -2.03. The molecule has 0 aliphatic heterocycles. The van der Waals surface area contributed by atoms with E-state index in [1.807, 2.05) is 36.4 Å². The average Bonchev–Trinajstić information content (AvgIpc) is 2.90. The molecule has 0 radical (unpaired) electrons. The molecule has 0 saturated heterocycles. The Labute approximate surface area is 237 Å². The Bertz CT molecular complexity index is 1160. The second-order valence-electron chi connectivity index (χ2n) is 9.19. The summed E-state index contributed by atoms with van der Waals surface area (Å²) in [6.45, 7) is 2.24. The monoisotopic (exact) mass is 636 g/mol. The van der Waals surface area contributed by atoms with Crippen LogP contribution in [0.1, 0.15) is 76.7 Å². The van der Waals surface area contributed by atoms with Crippen LogP contribution in [0.2, 0.25) is 0 Å². The molecule has 0 unspecified atom stereocenters. The molecule has 0 bridgehead atoms. The van der Waals surface area contributed by atoms with Crippen LogP contribution in [0.3, 0.4) is 0 Å². The van der Waals surface area contributed by atoms with E-state index in [9.17, 15) is 13.0 Å². The first kappa shape index (κ1) is 31.3. The van der Waals surface area contributed by atoms with Crippen molar-refractivity contribution < 1.29 is 17.7 Å². The largest absolute Gasteiger partial charge is 0.496 e. The highest BCUT2D eigenvalue weighted by molar-refractivity contribution is 14.1. The summed E-state index contributed by atoms with van der Waals surface area (Å²) in [7, 11) is -2.39. The highest BCUT2D eigenvalue weighted by Crippen LogP contribution is 2.32. The second-order valence-corrected chi connectivity index (χ2v) is 11.7. The Morgan fingerprint density at radius 2 is 1.22 bits per heavy atom. The van der Waals surface area contributed by atoms with E-state index < -0.39 is 10.1 Å². The zero-order valence-electron chi connectivity index (χ0n) is 22.2. The van der Waals surface area contributed by atoms with Crippen molar-refractivity contribution in [3.05, 3.63) is 81.9 Å². The number of hydrogen-bond donors (Lipinski definition) is 1. The first-order chi connectivity index (χ1) is 17.9. The van der Waals surface area contributed by atoms with Crippen LogP contribution in [0.5, 0.6) is 5.75 Å². The minimum Gasteiger partial charge on any atom is -0.496 e. The Morgan fingerprint density at radius 1 is 0.703 bits per heavy atom. The summed E-state index contributed by atoms with van der Waals surface area (Å²) < 4.78 is 38.4. The molecule has 3 rings (SSSR count). The summed E-state index contributed by atoms with van der Waals surface area (Å²) >= 11 is 2.34. The number of aryl methyl sites for hydroxylation is 1. The highest BCUT2D eigenvalue weighted by Gasteiger charge is 2.13. The minimum atomic E-state index is -4.10. The van der Waals surface area contributed by atoms with Crippen LogP contribution in [0.4, 0.5) is 0 Å². The fourth-order valence-corrected chi connectivity index (χ4v) is 5.74. The molecule has 0 amide bonds. The van der Waals surface area contributed by atoms with E-state index in [0.717, 1.165) is 29.7 Å². The van der Waals surface area contributed by atoms with Crippen LogP contribution in [-0.4, -0.2) is 20.1 Å². The van der Waals surface area contributed by atoms with Crippen LogP contribution in [0, 0.1) is 3.57 Å². The lowest BCUT2D eigenvalue weighted by molar-refractivity contribution is 0.416. The van der Waals surface area contributed by atoms with Gasteiger partial charge >= 0.3 is 0 Å². The molecule has 0 aliphatic carbocycles. The number of benzene rings is 3. The van der Waals surface area contributed by atoms with Gasteiger partial charge in [-0.25, -0.2) is 0 Å². The quantitative estimate of drug-likeness (QED) is 0.109. The number of unbranched alkanes of at least 4 members (excludes halogenated alkanes) is 9. The molecule has 0 heterocycles. The van der Waals surface area contributed by atoms with Crippen LogP contribution in [0.25, 0.3) is 11.1 Å². The minimum absolute atomic E-state index is 0.0610. The molecule has 4 nitrogen and oxygen atoms in total. The van der Waals surface area contributed by atoms with Gasteiger partial charge in [0.15, 0.2) is 0 Å². The van der Waals surface area contributed by atoms with Crippen molar-refractivity contribution >= 4 is 32.7 Å². The third-order valence-electron chi connectivity index (χ3n) is 6.32. The van der Waals surface area contributed by atoms with E-state index in [-0.39, 0.29) is 4.90 Å². The van der Waals surface area contributed by atoms with Crippen molar-refractivity contribution in [2.45, 2.75) is 82.4 Å². The zero-order chi connectivity index (χ0) is 26.9. The summed E-state index contributed by atoms with van der Waals surface area (Å²) in [6.07, 6.45) is 13.3. The van der Waals surface area contributed by atoms with Gasteiger partial charge in [-0.05, 0) is 64.8 Å². The number of methoxy groups -OCH3 is 1. The van der Waals surface area contributed by atoms with Gasteiger partial charge in [-0.1, -0.05) is 119 Å². The number of rotatable bonds is 14.